The van der Waals surface area contributed by atoms with Crippen LogP contribution in [0.2, 0.25) is 5.28 Å². The van der Waals surface area contributed by atoms with Gasteiger partial charge in [0, 0.05) is 0 Å². The maximum atomic E-state index is 11.8. The molecule has 0 aromatic carbocycles. The van der Waals surface area contributed by atoms with Crippen molar-refractivity contribution in [2.24, 2.45) is 0 Å². The number of hydrogen-bond acceptors (Lipinski definition) is 11. The number of hydrogen-bond donors (Lipinski definition) is 2. The molecule has 26 heavy (non-hydrogen) atoms. The Morgan fingerprint density at radius 3 is 2.92 bits per heavy atom. The molecule has 14 nitrogen and oxygen atoms in total. The summed E-state index contributed by atoms with van der Waals surface area (Å²) in [6, 6.07) is 0. The van der Waals surface area contributed by atoms with Gasteiger partial charge in [0.15, 0.2) is 17.7 Å². The third kappa shape index (κ3) is 2.86. The Labute approximate surface area is 148 Å². The average molecular weight is 409 g/mol. The van der Waals surface area contributed by atoms with E-state index in [0.29, 0.717) is 0 Å². The van der Waals surface area contributed by atoms with E-state index < -0.39 is 44.1 Å². The predicted octanol–water partition coefficient (Wildman–Crippen LogP) is 0.0520. The number of fused-ring (bicyclic) bond motifs is 2. The molecule has 2 aliphatic rings. The highest BCUT2D eigenvalue weighted by atomic mass is 35.5. The Kier molecular flexibility index (Phi) is 3.98. The first-order chi connectivity index (χ1) is 12.2. The van der Waals surface area contributed by atoms with Gasteiger partial charge in [-0.3, -0.25) is 13.6 Å². The quantitative estimate of drug-likeness (QED) is 0.300. The molecule has 0 bridgehead atoms. The third-order valence-electron chi connectivity index (χ3n) is 3.83. The van der Waals surface area contributed by atoms with E-state index >= 15 is 0 Å². The second-order valence-corrected chi connectivity index (χ2v) is 7.09. The number of imidazole rings is 1. The molecule has 0 spiro atoms. The molecule has 4 heterocycles. The molecule has 2 aromatic rings. The summed E-state index contributed by atoms with van der Waals surface area (Å²) in [5.74, 6) is 0.0259. The number of anilines is 1. The lowest BCUT2D eigenvalue weighted by Crippen LogP contribution is -2.32. The zero-order valence-corrected chi connectivity index (χ0v) is 14.2. The number of rotatable bonds is 4. The zero-order chi connectivity index (χ0) is 18.6. The van der Waals surface area contributed by atoms with Crippen LogP contribution in [-0.2, 0) is 23.2 Å². The van der Waals surface area contributed by atoms with E-state index in [-0.39, 0.29) is 22.3 Å². The normalized spacial score (nSPS) is 33.5. The second-order valence-electron chi connectivity index (χ2n) is 5.40. The van der Waals surface area contributed by atoms with Crippen LogP contribution in [-0.4, -0.2) is 54.4 Å². The van der Waals surface area contributed by atoms with Gasteiger partial charge in [-0.1, -0.05) is 0 Å². The Bertz CT molecular complexity index is 940. The van der Waals surface area contributed by atoms with E-state index in [1.807, 2.05) is 0 Å². The van der Waals surface area contributed by atoms with Gasteiger partial charge in [-0.15, -0.1) is 10.1 Å². The van der Waals surface area contributed by atoms with Crippen molar-refractivity contribution in [3.63, 3.8) is 0 Å². The zero-order valence-electron chi connectivity index (χ0n) is 12.5. The first kappa shape index (κ1) is 17.3. The SMILES string of the molecule is Nc1nc(Cl)nc2c1ncn2[C@@H]1O[C@H](CO[N+](=O)[O-])[C@H]2OP(=O)(O)O[C@H]21. The lowest BCUT2D eigenvalue weighted by atomic mass is 10.1. The maximum absolute atomic E-state index is 11.8. The predicted molar refractivity (Wildman–Crippen MR) is 81.2 cm³/mol. The fraction of sp³-hybridized carbons (Fsp3) is 0.500. The van der Waals surface area contributed by atoms with Crippen molar-refractivity contribution >= 4 is 36.4 Å². The molecule has 0 saturated carbocycles. The first-order valence-electron chi connectivity index (χ1n) is 7.03. The van der Waals surface area contributed by atoms with Crippen molar-refractivity contribution in [2.45, 2.75) is 24.5 Å². The van der Waals surface area contributed by atoms with Gasteiger partial charge >= 0.3 is 7.82 Å². The van der Waals surface area contributed by atoms with Gasteiger partial charge in [-0.05, 0) is 11.6 Å². The molecule has 2 aliphatic heterocycles. The summed E-state index contributed by atoms with van der Waals surface area (Å²) in [6.07, 6.45) is -2.94. The largest absolute Gasteiger partial charge is 0.473 e. The summed E-state index contributed by atoms with van der Waals surface area (Å²) in [6.45, 7) is -0.529. The Hall–Kier alpha value is -2.09. The van der Waals surface area contributed by atoms with E-state index in [0.717, 1.165) is 0 Å². The lowest BCUT2D eigenvalue weighted by Gasteiger charge is -2.19. The monoisotopic (exact) mass is 408 g/mol. The number of ether oxygens (including phenoxy) is 1. The molecule has 2 fully saturated rings. The molecule has 1 unspecified atom stereocenters. The molecule has 0 radical (unpaired) electrons. The molecule has 2 saturated heterocycles. The molecular formula is C10H10ClN6O8P. The van der Waals surface area contributed by atoms with Crippen LogP contribution >= 0.6 is 19.4 Å². The van der Waals surface area contributed by atoms with Crippen LogP contribution in [0.4, 0.5) is 5.82 Å². The molecule has 140 valence electrons. The number of phosphoric ester groups is 1. The minimum absolute atomic E-state index is 0.0259. The fourth-order valence-electron chi connectivity index (χ4n) is 2.87. The van der Waals surface area contributed by atoms with Gasteiger partial charge < -0.3 is 20.2 Å². The molecular weight excluding hydrogens is 399 g/mol. The van der Waals surface area contributed by atoms with Crippen LogP contribution in [0.5, 0.6) is 0 Å². The van der Waals surface area contributed by atoms with Crippen LogP contribution < -0.4 is 5.73 Å². The van der Waals surface area contributed by atoms with Crippen LogP contribution in [0.3, 0.4) is 0 Å². The molecule has 2 aromatic heterocycles. The van der Waals surface area contributed by atoms with Crippen LogP contribution in [0.1, 0.15) is 6.23 Å². The lowest BCUT2D eigenvalue weighted by molar-refractivity contribution is -0.759. The summed E-state index contributed by atoms with van der Waals surface area (Å²) in [5, 5.41) is 9.27. The first-order valence-corrected chi connectivity index (χ1v) is 8.90. The summed E-state index contributed by atoms with van der Waals surface area (Å²) in [4.78, 5) is 36.2. The third-order valence-corrected chi connectivity index (χ3v) is 5.02. The smallest absolute Gasteiger partial charge is 0.382 e. The van der Waals surface area contributed by atoms with E-state index in [1.54, 1.807) is 0 Å². The molecule has 3 N–H and O–H groups in total. The van der Waals surface area contributed by atoms with Gasteiger partial charge in [0.2, 0.25) is 5.28 Å². The maximum Gasteiger partial charge on any atom is 0.473 e. The molecule has 4 rings (SSSR count). The highest BCUT2D eigenvalue weighted by Crippen LogP contribution is 2.58. The molecule has 0 amide bonds. The number of phosphoric acid groups is 1. The fourth-order valence-corrected chi connectivity index (χ4v) is 4.19. The topological polar surface area (TPSA) is 187 Å². The van der Waals surface area contributed by atoms with Crippen molar-refractivity contribution in [3.05, 3.63) is 21.7 Å². The Balaban J connectivity index is 1.72. The van der Waals surface area contributed by atoms with Gasteiger partial charge in [0.1, 0.15) is 30.4 Å². The minimum Gasteiger partial charge on any atom is -0.382 e. The van der Waals surface area contributed by atoms with Gasteiger partial charge in [-0.2, -0.15) is 9.97 Å². The number of nitrogen functional groups attached to an aromatic ring is 1. The van der Waals surface area contributed by atoms with Crippen molar-refractivity contribution in [2.75, 3.05) is 12.3 Å². The van der Waals surface area contributed by atoms with Crippen molar-refractivity contribution in [3.8, 4) is 0 Å². The highest BCUT2D eigenvalue weighted by molar-refractivity contribution is 7.47. The van der Waals surface area contributed by atoms with Crippen molar-refractivity contribution < 1.29 is 33.2 Å². The summed E-state index contributed by atoms with van der Waals surface area (Å²) >= 11 is 5.81. The van der Waals surface area contributed by atoms with E-state index in [1.165, 1.54) is 10.9 Å². The van der Waals surface area contributed by atoms with Crippen LogP contribution in [0, 0.1) is 10.1 Å². The van der Waals surface area contributed by atoms with Gasteiger partial charge in [-0.25, -0.2) is 9.55 Å². The average Bonchev–Trinajstić information content (AvgIpc) is 3.16. The Morgan fingerprint density at radius 1 is 1.46 bits per heavy atom. The molecule has 5 atom stereocenters. The van der Waals surface area contributed by atoms with Crippen molar-refractivity contribution in [1.82, 2.24) is 19.5 Å². The van der Waals surface area contributed by atoms with Crippen molar-refractivity contribution in [1.29, 1.82) is 0 Å². The number of nitrogens with zero attached hydrogens (tertiary/aromatic N) is 5. The summed E-state index contributed by atoms with van der Waals surface area (Å²) < 4.78 is 28.8. The number of aromatic nitrogens is 4. The van der Waals surface area contributed by atoms with Crippen LogP contribution in [0.15, 0.2) is 6.33 Å². The Morgan fingerprint density at radius 2 is 2.19 bits per heavy atom. The highest BCUT2D eigenvalue weighted by Gasteiger charge is 2.58. The number of nitrogens with two attached hydrogens (primary N) is 1. The second kappa shape index (κ2) is 5.97. The summed E-state index contributed by atoms with van der Waals surface area (Å²) in [5.41, 5.74) is 6.15. The van der Waals surface area contributed by atoms with E-state index in [4.69, 9.17) is 31.1 Å². The number of halogens is 1. The van der Waals surface area contributed by atoms with E-state index in [9.17, 15) is 19.6 Å². The van der Waals surface area contributed by atoms with Gasteiger partial charge in [0.25, 0.3) is 5.09 Å². The van der Waals surface area contributed by atoms with Crippen LogP contribution in [0.25, 0.3) is 11.2 Å². The molecule has 0 aliphatic carbocycles. The minimum atomic E-state index is -4.35. The standard InChI is InChI=1S/C10H10ClN6O8P/c11-10-14-7(12)4-8(15-10)16(2-13-4)9-6-5(24-26(20,21)25-6)3(23-9)1-22-17(18)19/h2-3,5-6,9H,1H2,(H,20,21)(H2,12,14,15)/t3-,5-,6-,9-/m1/s1. The van der Waals surface area contributed by atoms with Gasteiger partial charge in [0.05, 0.1) is 6.33 Å². The van der Waals surface area contributed by atoms with E-state index in [2.05, 4.69) is 19.8 Å². The molecule has 16 heteroatoms. The summed E-state index contributed by atoms with van der Waals surface area (Å²) in [7, 11) is -4.35.